The van der Waals surface area contributed by atoms with Gasteiger partial charge in [0.2, 0.25) is 6.79 Å². The molecule has 7 nitrogen and oxygen atoms in total. The van der Waals surface area contributed by atoms with Crippen molar-refractivity contribution in [2.75, 3.05) is 18.7 Å². The molecule has 0 spiro atoms. The number of hydrogen-bond acceptors (Lipinski definition) is 6. The lowest BCUT2D eigenvalue weighted by atomic mass is 9.73. The maximum absolute atomic E-state index is 12.6. The van der Waals surface area contributed by atoms with Gasteiger partial charge in [0, 0.05) is 30.7 Å². The highest BCUT2D eigenvalue weighted by Crippen LogP contribution is 2.50. The topological polar surface area (TPSA) is 80.3 Å². The molecule has 4 atom stereocenters. The van der Waals surface area contributed by atoms with Crippen molar-refractivity contribution in [3.8, 4) is 11.5 Å². The van der Waals surface area contributed by atoms with Gasteiger partial charge in [-0.1, -0.05) is 23.8 Å². The summed E-state index contributed by atoms with van der Waals surface area (Å²) in [6, 6.07) is 11.7. The number of anilines is 1. The van der Waals surface area contributed by atoms with E-state index < -0.39 is 18.3 Å². The van der Waals surface area contributed by atoms with Crippen LogP contribution in [0.5, 0.6) is 11.5 Å². The lowest BCUT2D eigenvalue weighted by Gasteiger charge is -2.45. The molecule has 2 aromatic rings. The van der Waals surface area contributed by atoms with Gasteiger partial charge < -0.3 is 19.3 Å². The molecule has 0 unspecified atom stereocenters. The van der Waals surface area contributed by atoms with Crippen LogP contribution in [0.3, 0.4) is 0 Å². The number of amides is 1. The normalized spacial score (nSPS) is 27.9. The summed E-state index contributed by atoms with van der Waals surface area (Å²) in [5.74, 6) is 1.28. The predicted molar refractivity (Wildman–Crippen MR) is 113 cm³/mol. The van der Waals surface area contributed by atoms with Crippen LogP contribution in [-0.2, 0) is 11.3 Å². The minimum Gasteiger partial charge on any atom is -0.454 e. The molecule has 0 aromatic heterocycles. The number of nitrogens with zero attached hydrogens (tertiary/aromatic N) is 1. The third-order valence-corrected chi connectivity index (χ3v) is 6.88. The quantitative estimate of drug-likeness (QED) is 0.726. The van der Waals surface area contributed by atoms with E-state index >= 15 is 0 Å². The lowest BCUT2D eigenvalue weighted by molar-refractivity contribution is -0.00809. The molecule has 1 saturated heterocycles. The number of benzene rings is 2. The third-order valence-electron chi connectivity index (χ3n) is 6.88. The second kappa shape index (κ2) is 7.00. The summed E-state index contributed by atoms with van der Waals surface area (Å²) in [6.45, 7) is 3.88. The molecular weight excluding hydrogens is 396 g/mol. The van der Waals surface area contributed by atoms with Gasteiger partial charge in [-0.3, -0.25) is 10.2 Å². The van der Waals surface area contributed by atoms with E-state index in [1.165, 1.54) is 5.57 Å². The Balaban J connectivity index is 1.30. The standard InChI is InChI=1S/C24H24N2O5/c1-13-4-2-3-5-17(13)25-24(28)31-20-8-14-6-7-26-11-15-9-18-19(30-12-29-18)10-16(15)21(22(14)26)23(20)27/h2-5,8-10,20-23,27H,6-7,11-12H2,1H3,(H,25,28)/t20-,21-,22+,23+/m0/s1. The number of aliphatic hydroxyl groups is 1. The summed E-state index contributed by atoms with van der Waals surface area (Å²) in [6.07, 6.45) is 0.730. The molecule has 0 bridgehead atoms. The van der Waals surface area contributed by atoms with Crippen LogP contribution in [-0.4, -0.2) is 47.7 Å². The highest BCUT2D eigenvalue weighted by Gasteiger charge is 2.50. The number of hydrogen-bond donors (Lipinski definition) is 2. The molecule has 2 aromatic carbocycles. The zero-order valence-corrected chi connectivity index (χ0v) is 17.2. The van der Waals surface area contributed by atoms with Crippen LogP contribution in [0.2, 0.25) is 0 Å². The second-order valence-corrected chi connectivity index (χ2v) is 8.64. The Kier molecular flexibility index (Phi) is 4.23. The van der Waals surface area contributed by atoms with Gasteiger partial charge in [0.15, 0.2) is 11.5 Å². The van der Waals surface area contributed by atoms with E-state index in [2.05, 4.69) is 10.2 Å². The van der Waals surface area contributed by atoms with Crippen molar-refractivity contribution in [3.05, 3.63) is 64.7 Å². The van der Waals surface area contributed by atoms with Gasteiger partial charge in [0.05, 0.1) is 0 Å². The molecule has 7 heteroatoms. The lowest BCUT2D eigenvalue weighted by Crippen LogP contribution is -2.51. The Morgan fingerprint density at radius 3 is 2.87 bits per heavy atom. The first-order valence-corrected chi connectivity index (χ1v) is 10.7. The van der Waals surface area contributed by atoms with Gasteiger partial charge in [0.25, 0.3) is 0 Å². The second-order valence-electron chi connectivity index (χ2n) is 8.64. The number of nitrogens with one attached hydrogen (secondary N) is 1. The molecule has 6 rings (SSSR count). The van der Waals surface area contributed by atoms with Crippen molar-refractivity contribution < 1.29 is 24.1 Å². The Bertz CT molecular complexity index is 1100. The van der Waals surface area contributed by atoms with Crippen LogP contribution in [0, 0.1) is 6.92 Å². The zero-order valence-electron chi connectivity index (χ0n) is 17.2. The summed E-state index contributed by atoms with van der Waals surface area (Å²) in [7, 11) is 0. The summed E-state index contributed by atoms with van der Waals surface area (Å²) in [5, 5.41) is 14.1. The Hall–Kier alpha value is -3.03. The molecule has 2 N–H and O–H groups in total. The van der Waals surface area contributed by atoms with Crippen molar-refractivity contribution in [1.29, 1.82) is 0 Å². The molecule has 3 aliphatic heterocycles. The number of carbonyl (C=O) groups is 1. The highest BCUT2D eigenvalue weighted by molar-refractivity contribution is 5.85. The number of aliphatic hydroxyl groups excluding tert-OH is 1. The summed E-state index contributed by atoms with van der Waals surface area (Å²) in [4.78, 5) is 15.0. The van der Waals surface area contributed by atoms with Gasteiger partial charge in [-0.05, 0) is 54.3 Å². The Morgan fingerprint density at radius 1 is 1.23 bits per heavy atom. The molecule has 1 amide bonds. The van der Waals surface area contributed by atoms with Crippen molar-refractivity contribution in [3.63, 3.8) is 0 Å². The van der Waals surface area contributed by atoms with Gasteiger partial charge in [-0.2, -0.15) is 0 Å². The molecular formula is C24H24N2O5. The Labute approximate surface area is 180 Å². The number of fused-ring (bicyclic) bond motifs is 3. The van der Waals surface area contributed by atoms with Crippen LogP contribution in [0.15, 0.2) is 48.0 Å². The van der Waals surface area contributed by atoms with E-state index in [0.717, 1.165) is 42.0 Å². The summed E-state index contributed by atoms with van der Waals surface area (Å²) in [5.41, 5.74) is 5.07. The van der Waals surface area contributed by atoms with Gasteiger partial charge in [0.1, 0.15) is 12.2 Å². The third kappa shape index (κ3) is 2.99. The summed E-state index contributed by atoms with van der Waals surface area (Å²) < 4.78 is 16.9. The minimum absolute atomic E-state index is 0.127. The maximum atomic E-state index is 12.6. The van der Waals surface area contributed by atoms with E-state index in [1.807, 2.05) is 49.4 Å². The van der Waals surface area contributed by atoms with Crippen LogP contribution in [0.25, 0.3) is 0 Å². The van der Waals surface area contributed by atoms with E-state index in [0.29, 0.717) is 11.4 Å². The van der Waals surface area contributed by atoms with Crippen LogP contribution >= 0.6 is 0 Å². The average molecular weight is 420 g/mol. The SMILES string of the molecule is Cc1ccccc1NC(=O)O[C@H]1C=C2CCN3Cc4cc5c(cc4[C@H]([C@@H]1O)[C@@H]23)OCO5. The molecule has 1 fully saturated rings. The fraction of sp³-hybridized carbons (Fsp3) is 0.375. The van der Waals surface area contributed by atoms with E-state index in [4.69, 9.17) is 14.2 Å². The van der Waals surface area contributed by atoms with E-state index in [-0.39, 0.29) is 18.8 Å². The van der Waals surface area contributed by atoms with E-state index in [1.54, 1.807) is 0 Å². The first-order chi connectivity index (χ1) is 15.1. The Morgan fingerprint density at radius 2 is 2.03 bits per heavy atom. The van der Waals surface area contributed by atoms with Crippen molar-refractivity contribution in [2.45, 2.75) is 44.1 Å². The average Bonchev–Trinajstić information content (AvgIpc) is 3.37. The zero-order chi connectivity index (χ0) is 21.1. The molecule has 1 aliphatic carbocycles. The number of ether oxygens (including phenoxy) is 3. The first kappa shape index (κ1) is 18.7. The number of rotatable bonds is 2. The molecule has 0 saturated carbocycles. The van der Waals surface area contributed by atoms with Crippen molar-refractivity contribution in [2.24, 2.45) is 0 Å². The smallest absolute Gasteiger partial charge is 0.412 e. The number of carbonyl (C=O) groups excluding carboxylic acids is 1. The van der Waals surface area contributed by atoms with Gasteiger partial charge in [-0.15, -0.1) is 0 Å². The predicted octanol–water partition coefficient (Wildman–Crippen LogP) is 3.31. The number of para-hydroxylation sites is 1. The van der Waals surface area contributed by atoms with Crippen LogP contribution < -0.4 is 14.8 Å². The van der Waals surface area contributed by atoms with E-state index in [9.17, 15) is 9.90 Å². The molecule has 0 radical (unpaired) electrons. The number of aryl methyl sites for hydroxylation is 1. The van der Waals surface area contributed by atoms with Crippen LogP contribution in [0.1, 0.15) is 29.0 Å². The first-order valence-electron chi connectivity index (χ1n) is 10.7. The minimum atomic E-state index is -0.851. The fourth-order valence-corrected chi connectivity index (χ4v) is 5.41. The van der Waals surface area contributed by atoms with Crippen LogP contribution in [0.4, 0.5) is 10.5 Å². The van der Waals surface area contributed by atoms with Crippen molar-refractivity contribution in [1.82, 2.24) is 4.90 Å². The largest absolute Gasteiger partial charge is 0.454 e. The molecule has 160 valence electrons. The molecule has 31 heavy (non-hydrogen) atoms. The molecule has 3 heterocycles. The fourth-order valence-electron chi connectivity index (χ4n) is 5.41. The monoisotopic (exact) mass is 420 g/mol. The maximum Gasteiger partial charge on any atom is 0.412 e. The van der Waals surface area contributed by atoms with Crippen molar-refractivity contribution >= 4 is 11.8 Å². The van der Waals surface area contributed by atoms with Gasteiger partial charge >= 0.3 is 6.09 Å². The summed E-state index contributed by atoms with van der Waals surface area (Å²) >= 11 is 0. The highest BCUT2D eigenvalue weighted by atomic mass is 16.7. The molecule has 4 aliphatic rings. The van der Waals surface area contributed by atoms with Gasteiger partial charge in [-0.25, -0.2) is 4.79 Å².